The normalized spacial score (nSPS) is 14.7. The Balaban J connectivity index is 0.00000128. The molecular formula is C54H76BrK2N7O11S2. The number of halogens is 1. The van der Waals surface area contributed by atoms with E-state index in [9.17, 15) is 36.0 Å². The van der Waals surface area contributed by atoms with Crippen LogP contribution in [0, 0.1) is 19.8 Å². The van der Waals surface area contributed by atoms with E-state index < -0.39 is 32.0 Å². The Morgan fingerprint density at radius 2 is 1.03 bits per heavy atom. The molecule has 414 valence electrons. The average molecular weight is 1220 g/mol. The molecule has 4 amide bonds. The molecule has 18 nitrogen and oxygen atoms in total. The summed E-state index contributed by atoms with van der Waals surface area (Å²) in [6.45, 7) is 13.2. The van der Waals surface area contributed by atoms with Crippen molar-refractivity contribution in [2.24, 2.45) is 23.1 Å². The number of hydrogen-bond donors (Lipinski definition) is 3. The van der Waals surface area contributed by atoms with Crippen molar-refractivity contribution in [1.29, 1.82) is 0 Å². The molecule has 4 aromatic carbocycles. The third kappa shape index (κ3) is 24.0. The molecule has 2 aliphatic heterocycles. The summed E-state index contributed by atoms with van der Waals surface area (Å²) in [6, 6.07) is 32.3. The molecular weight excluding hydrogens is 1140 g/mol. The monoisotopic (exact) mass is 1220 g/mol. The first-order valence-corrected chi connectivity index (χ1v) is 28.9. The van der Waals surface area contributed by atoms with E-state index in [2.05, 4.69) is 26.6 Å². The number of carbonyl (C=O) groups excluding carboxylic acids is 5. The number of carbonyl (C=O) groups is 5. The first-order valence-electron chi connectivity index (χ1n) is 24.9. The van der Waals surface area contributed by atoms with E-state index in [4.69, 9.17) is 21.5 Å². The Labute approximate surface area is 551 Å². The second-order valence-electron chi connectivity index (χ2n) is 19.1. The molecule has 2 atom stereocenters. The minimum absolute atomic E-state index is 0. The van der Waals surface area contributed by atoms with Crippen LogP contribution in [0.15, 0.2) is 119 Å². The van der Waals surface area contributed by atoms with Crippen LogP contribution in [0.3, 0.4) is 0 Å². The first kappa shape index (κ1) is 72.7. The summed E-state index contributed by atoms with van der Waals surface area (Å²) < 4.78 is 57.0. The average Bonchev–Trinajstić information content (AvgIpc) is 3.38. The molecule has 0 radical (unpaired) electrons. The van der Waals surface area contributed by atoms with E-state index in [1.54, 1.807) is 49.9 Å². The number of likely N-dealkylation sites (tertiary alicyclic amines) is 2. The summed E-state index contributed by atoms with van der Waals surface area (Å²) in [5.74, 6) is -1.14. The number of piperidine rings is 2. The van der Waals surface area contributed by atoms with Gasteiger partial charge in [-0.2, -0.15) is 8.61 Å². The molecule has 4 aromatic rings. The fourth-order valence-corrected chi connectivity index (χ4v) is 13.2. The van der Waals surface area contributed by atoms with Crippen LogP contribution in [0.2, 0.25) is 0 Å². The maximum atomic E-state index is 13.5. The van der Waals surface area contributed by atoms with E-state index in [1.807, 2.05) is 119 Å². The Morgan fingerprint density at radius 1 is 0.662 bits per heavy atom. The molecule has 0 bridgehead atoms. The van der Waals surface area contributed by atoms with E-state index in [0.717, 1.165) is 22.3 Å². The van der Waals surface area contributed by atoms with Gasteiger partial charge in [-0.05, 0) is 133 Å². The summed E-state index contributed by atoms with van der Waals surface area (Å²) in [4.78, 5) is 62.7. The largest absolute Gasteiger partial charge is 1.00 e. The molecule has 0 unspecified atom stereocenters. The van der Waals surface area contributed by atoms with Crippen molar-refractivity contribution in [3.05, 3.63) is 131 Å². The molecule has 2 fully saturated rings. The summed E-state index contributed by atoms with van der Waals surface area (Å²) in [6.07, 6.45) is 3.97. The van der Waals surface area contributed by atoms with E-state index in [-0.39, 0.29) is 170 Å². The topological polar surface area (TPSA) is 277 Å². The van der Waals surface area contributed by atoms with Crippen LogP contribution in [-0.4, -0.2) is 127 Å². The molecule has 2 saturated heterocycles. The Kier molecular flexibility index (Phi) is 34.9. The van der Waals surface area contributed by atoms with Gasteiger partial charge < -0.3 is 38.6 Å². The zero-order valence-corrected chi connectivity index (χ0v) is 55.3. The van der Waals surface area contributed by atoms with Crippen LogP contribution < -0.4 is 125 Å². The third-order valence-corrected chi connectivity index (χ3v) is 17.4. The van der Waals surface area contributed by atoms with E-state index in [1.165, 1.54) is 0 Å². The van der Waals surface area contributed by atoms with Gasteiger partial charge >= 0.3 is 103 Å². The van der Waals surface area contributed by atoms with Gasteiger partial charge in [0.05, 0.1) is 21.2 Å². The minimum Gasteiger partial charge on any atom is -1.00 e. The molecule has 2 heterocycles. The molecule has 77 heavy (non-hydrogen) atoms. The number of primary amides is 2. The fraction of sp³-hybridized carbons (Fsp3) is 0.463. The van der Waals surface area contributed by atoms with Crippen molar-refractivity contribution in [3.63, 3.8) is 0 Å². The number of benzene rings is 4. The van der Waals surface area contributed by atoms with E-state index >= 15 is 0 Å². The molecule has 23 heteroatoms. The van der Waals surface area contributed by atoms with Crippen LogP contribution >= 0.6 is 15.9 Å². The van der Waals surface area contributed by atoms with Gasteiger partial charge in [-0.15, -0.1) is 0 Å². The maximum Gasteiger partial charge on any atom is 1.00 e. The van der Waals surface area contributed by atoms with E-state index in [0.29, 0.717) is 80.9 Å². The van der Waals surface area contributed by atoms with Crippen molar-refractivity contribution < 1.29 is 155 Å². The van der Waals surface area contributed by atoms with Gasteiger partial charge in [0.2, 0.25) is 43.7 Å². The molecule has 0 aliphatic carbocycles. The third-order valence-electron chi connectivity index (χ3n) is 12.6. The van der Waals surface area contributed by atoms with Crippen molar-refractivity contribution in [3.8, 4) is 0 Å². The Morgan fingerprint density at radius 3 is 1.35 bits per heavy atom. The predicted molar refractivity (Wildman–Crippen MR) is 291 cm³/mol. The fourth-order valence-electron chi connectivity index (χ4n) is 9.24. The van der Waals surface area contributed by atoms with Crippen LogP contribution in [-0.2, 0) is 61.7 Å². The van der Waals surface area contributed by atoms with Crippen LogP contribution in [0.25, 0.3) is 0 Å². The second-order valence-corrected chi connectivity index (χ2v) is 23.3. The molecule has 2 aliphatic rings. The summed E-state index contributed by atoms with van der Waals surface area (Å²) >= 11 is 2.84. The zero-order chi connectivity index (χ0) is 55.9. The molecule has 0 spiro atoms. The smallest absolute Gasteiger partial charge is 1.00 e. The molecule has 0 saturated carbocycles. The van der Waals surface area contributed by atoms with Crippen LogP contribution in [0.4, 0.5) is 0 Å². The number of aryl methyl sites for hydroxylation is 2. The first-order chi connectivity index (χ1) is 35.5. The zero-order valence-electron chi connectivity index (χ0n) is 46.8. The summed E-state index contributed by atoms with van der Waals surface area (Å²) in [7, 11) is -7.27. The number of sulfonamides is 2. The standard InChI is InChI=1S/C27H37N3O4S.C24H33N3O3S.C2H4BrNO.CH2O3.2K.H/c1-20(2)30(35(33,34)25-11-7-8-21(3)18-25)24-14-16-29(17-15-24)27(32)23(12-13-26(28)31)19-22-9-5-4-6-10-22;1-18(2)27(31(29,30)22-11-7-8-19(3)16-22)21-12-14-26(15-13-21)24(28)23(25)17-20-9-5-4-6-10-20;3-1-2(4)5;2-1-4-3;;;/h4-11,18,20,23-24H,12-17,19H2,1-3H3,(H2,28,31);4-11,16,18,21,23H,12-15,17,25H2,1-3H3;1H2,(H2,4,5);1,3H;;;/q;;;;2*+1;-1/p-1/t2*23-;;;;;/m00...../s1. The molecule has 6 rings (SSSR count). The van der Waals surface area contributed by atoms with Gasteiger partial charge in [0.1, 0.15) is 0 Å². The van der Waals surface area contributed by atoms with Crippen molar-refractivity contribution in [1.82, 2.24) is 18.4 Å². The number of nitrogens with zero attached hydrogens (tertiary/aromatic N) is 4. The van der Waals surface area contributed by atoms with Gasteiger partial charge in [0, 0.05) is 62.7 Å². The Hall–Kier alpha value is -2.28. The molecule has 6 N–H and O–H groups in total. The molecule has 0 aromatic heterocycles. The van der Waals surface area contributed by atoms with Gasteiger partial charge in [-0.25, -0.2) is 16.8 Å². The number of nitrogens with two attached hydrogens (primary N) is 3. The number of amides is 4. The van der Waals surface area contributed by atoms with Crippen LogP contribution in [0.5, 0.6) is 0 Å². The van der Waals surface area contributed by atoms with Crippen molar-refractivity contribution >= 4 is 66.1 Å². The second kappa shape index (κ2) is 36.9. The predicted octanol–water partition coefficient (Wildman–Crippen LogP) is -1.11. The number of rotatable bonds is 19. The van der Waals surface area contributed by atoms with Crippen molar-refractivity contribution in [2.75, 3.05) is 31.5 Å². The van der Waals surface area contributed by atoms with Crippen molar-refractivity contribution in [2.45, 2.75) is 133 Å². The number of alkyl halides is 1. The van der Waals surface area contributed by atoms with Gasteiger partial charge in [-0.1, -0.05) is 101 Å². The Bertz CT molecular complexity index is 2670. The quantitative estimate of drug-likeness (QED) is 0.0332. The SMILES string of the molecule is Cc1cccc(S(=O)(=O)N(C(C)C)C2CCN(C(=O)[C@@H](CCC(N)=O)Cc3ccccc3)CC2)c1.Cc1cccc(S(=O)(=O)N(C(C)C)C2CCN(C(=O)[C@@H](N)Cc3ccccc3)CC2)c1.NC(=O)CBr.O=CO[O-].[H-].[K+].[K+]. The van der Waals surface area contributed by atoms with Gasteiger partial charge in [0.25, 0.3) is 6.47 Å². The number of hydrogen-bond acceptors (Lipinski definition) is 12. The summed E-state index contributed by atoms with van der Waals surface area (Å²) in [5, 5.41) is 8.69. The van der Waals surface area contributed by atoms with Crippen LogP contribution in [0.1, 0.15) is 89.9 Å². The minimum atomic E-state index is -3.66. The summed E-state index contributed by atoms with van der Waals surface area (Å²) in [5.41, 5.74) is 20.0. The van der Waals surface area contributed by atoms with Gasteiger partial charge in [-0.3, -0.25) is 24.0 Å². The van der Waals surface area contributed by atoms with Gasteiger partial charge in [0.15, 0.2) is 0 Å². The maximum absolute atomic E-state index is 13.5.